The average Bonchev–Trinajstić information content (AvgIpc) is 2.65. The smallest absolute Gasteiger partial charge is 0.338 e. The van der Waals surface area contributed by atoms with Crippen LogP contribution >= 0.6 is 0 Å². The summed E-state index contributed by atoms with van der Waals surface area (Å²) in [5, 5.41) is 2.86. The molecule has 2 aromatic carbocycles. The molecule has 0 aliphatic carbocycles. The monoisotopic (exact) mass is 382 g/mol. The van der Waals surface area contributed by atoms with E-state index in [4.69, 9.17) is 4.74 Å². The summed E-state index contributed by atoms with van der Waals surface area (Å²) in [7, 11) is 0. The van der Waals surface area contributed by atoms with Crippen molar-refractivity contribution in [2.45, 2.75) is 39.5 Å². The summed E-state index contributed by atoms with van der Waals surface area (Å²) in [5.41, 5.74) is 2.42. The number of halogens is 1. The fourth-order valence-electron chi connectivity index (χ4n) is 3.18. The van der Waals surface area contributed by atoms with Crippen molar-refractivity contribution in [1.29, 1.82) is 0 Å². The molecule has 0 fully saturated rings. The van der Waals surface area contributed by atoms with E-state index in [1.165, 1.54) is 17.0 Å². The van der Waals surface area contributed by atoms with Gasteiger partial charge >= 0.3 is 12.0 Å². The highest BCUT2D eigenvalue weighted by Crippen LogP contribution is 2.32. The number of benzene rings is 2. The first-order valence-electron chi connectivity index (χ1n) is 9.16. The number of amides is 2. The predicted octanol–water partition coefficient (Wildman–Crippen LogP) is 4.32. The number of urea groups is 1. The lowest BCUT2D eigenvalue weighted by atomic mass is 9.94. The van der Waals surface area contributed by atoms with Gasteiger partial charge in [0.15, 0.2) is 0 Å². The van der Waals surface area contributed by atoms with Gasteiger partial charge in [-0.3, -0.25) is 4.90 Å². The number of allylic oxidation sites excluding steroid dienone is 1. The molecule has 0 aromatic heterocycles. The molecule has 1 aliphatic rings. The lowest BCUT2D eigenvalue weighted by Gasteiger charge is -2.35. The molecule has 1 N–H and O–H groups in total. The summed E-state index contributed by atoms with van der Waals surface area (Å²) in [4.78, 5) is 27.2. The third-order valence-electron chi connectivity index (χ3n) is 4.55. The minimum atomic E-state index is -0.702. The molecule has 0 bridgehead atoms. The van der Waals surface area contributed by atoms with Crippen molar-refractivity contribution in [2.24, 2.45) is 0 Å². The summed E-state index contributed by atoms with van der Waals surface area (Å²) in [6.07, 6.45) is -0.304. The molecule has 0 saturated carbocycles. The number of hydrogen-bond donors (Lipinski definition) is 1. The highest BCUT2D eigenvalue weighted by molar-refractivity contribution is 5.95. The lowest BCUT2D eigenvalue weighted by Crippen LogP contribution is -2.47. The van der Waals surface area contributed by atoms with Gasteiger partial charge < -0.3 is 10.1 Å². The summed E-state index contributed by atoms with van der Waals surface area (Å²) >= 11 is 0. The molecular weight excluding hydrogens is 359 g/mol. The van der Waals surface area contributed by atoms with E-state index in [1.807, 2.05) is 30.3 Å². The van der Waals surface area contributed by atoms with Crippen LogP contribution < -0.4 is 5.32 Å². The van der Waals surface area contributed by atoms with Crippen LogP contribution in [0.2, 0.25) is 0 Å². The molecule has 146 valence electrons. The molecule has 5 nitrogen and oxygen atoms in total. The molecule has 0 spiro atoms. The second-order valence-corrected chi connectivity index (χ2v) is 6.96. The van der Waals surface area contributed by atoms with Crippen molar-refractivity contribution in [3.63, 3.8) is 0 Å². The number of nitrogens with zero attached hydrogens (tertiary/aromatic N) is 1. The molecule has 1 heterocycles. The van der Waals surface area contributed by atoms with Gasteiger partial charge in [-0.15, -0.1) is 0 Å². The van der Waals surface area contributed by atoms with Crippen LogP contribution in [0.3, 0.4) is 0 Å². The van der Waals surface area contributed by atoms with Crippen LogP contribution in [0.1, 0.15) is 37.9 Å². The Bertz CT molecular complexity index is 892. The predicted molar refractivity (Wildman–Crippen MR) is 104 cm³/mol. The summed E-state index contributed by atoms with van der Waals surface area (Å²) in [6, 6.07) is 14.2. The highest BCUT2D eigenvalue weighted by Gasteiger charge is 2.36. The third kappa shape index (κ3) is 4.22. The first-order chi connectivity index (χ1) is 13.4. The van der Waals surface area contributed by atoms with E-state index >= 15 is 0 Å². The van der Waals surface area contributed by atoms with Crippen LogP contribution in [0.5, 0.6) is 0 Å². The van der Waals surface area contributed by atoms with Crippen LogP contribution in [0.25, 0.3) is 0 Å². The molecule has 28 heavy (non-hydrogen) atoms. The van der Waals surface area contributed by atoms with E-state index in [-0.39, 0.29) is 18.0 Å². The number of rotatable bonds is 5. The van der Waals surface area contributed by atoms with E-state index in [2.05, 4.69) is 5.32 Å². The number of carbonyl (C=O) groups excluding carboxylic acids is 2. The van der Waals surface area contributed by atoms with Gasteiger partial charge in [0.25, 0.3) is 0 Å². The topological polar surface area (TPSA) is 58.6 Å². The second-order valence-electron chi connectivity index (χ2n) is 6.96. The van der Waals surface area contributed by atoms with Crippen molar-refractivity contribution in [1.82, 2.24) is 10.2 Å². The number of ether oxygens (including phenoxy) is 1. The SMILES string of the molecule is CC1=C(C(=O)OC(C)C)C(c2ccc(F)cc2)NC(=O)N1Cc1ccccc1. The Hall–Kier alpha value is -3.15. The molecule has 0 radical (unpaired) electrons. The molecule has 1 unspecified atom stereocenters. The van der Waals surface area contributed by atoms with E-state index < -0.39 is 12.0 Å². The maximum Gasteiger partial charge on any atom is 0.338 e. The Kier molecular flexibility index (Phi) is 5.78. The van der Waals surface area contributed by atoms with E-state index in [0.717, 1.165) is 5.56 Å². The van der Waals surface area contributed by atoms with Gasteiger partial charge in [-0.05, 0) is 44.0 Å². The van der Waals surface area contributed by atoms with Gasteiger partial charge in [0, 0.05) is 5.70 Å². The Labute approximate surface area is 163 Å². The Balaban J connectivity index is 2.02. The quantitative estimate of drug-likeness (QED) is 0.784. The van der Waals surface area contributed by atoms with Gasteiger partial charge in [0.1, 0.15) is 5.82 Å². The van der Waals surface area contributed by atoms with Crippen molar-refractivity contribution < 1.29 is 18.7 Å². The molecule has 3 rings (SSSR count). The van der Waals surface area contributed by atoms with E-state index in [9.17, 15) is 14.0 Å². The zero-order valence-electron chi connectivity index (χ0n) is 16.1. The zero-order chi connectivity index (χ0) is 20.3. The van der Waals surface area contributed by atoms with Gasteiger partial charge in [-0.25, -0.2) is 14.0 Å². The first-order valence-corrected chi connectivity index (χ1v) is 9.16. The van der Waals surface area contributed by atoms with Crippen molar-refractivity contribution in [3.8, 4) is 0 Å². The highest BCUT2D eigenvalue weighted by atomic mass is 19.1. The maximum atomic E-state index is 13.3. The van der Waals surface area contributed by atoms with E-state index in [1.54, 1.807) is 32.9 Å². The van der Waals surface area contributed by atoms with Crippen molar-refractivity contribution in [2.75, 3.05) is 0 Å². The summed E-state index contributed by atoms with van der Waals surface area (Å²) in [5.74, 6) is -0.886. The van der Waals surface area contributed by atoms with Gasteiger partial charge in [-0.2, -0.15) is 0 Å². The fraction of sp³-hybridized carbons (Fsp3) is 0.273. The summed E-state index contributed by atoms with van der Waals surface area (Å²) < 4.78 is 18.8. The van der Waals surface area contributed by atoms with Crippen molar-refractivity contribution >= 4 is 12.0 Å². The Morgan fingerprint density at radius 2 is 1.79 bits per heavy atom. The Morgan fingerprint density at radius 1 is 1.14 bits per heavy atom. The standard InChI is InChI=1S/C22H23FN2O3/c1-14(2)28-21(26)19-15(3)25(13-16-7-5-4-6-8-16)22(27)24-20(19)17-9-11-18(23)12-10-17/h4-12,14,20H,13H2,1-3H3,(H,24,27). The Morgan fingerprint density at radius 3 is 2.39 bits per heavy atom. The molecule has 2 amide bonds. The second kappa shape index (κ2) is 8.25. The molecule has 6 heteroatoms. The number of esters is 1. The average molecular weight is 382 g/mol. The maximum absolute atomic E-state index is 13.3. The van der Waals surface area contributed by atoms with Crippen molar-refractivity contribution in [3.05, 3.63) is 82.8 Å². The van der Waals surface area contributed by atoms with Gasteiger partial charge in [-0.1, -0.05) is 42.5 Å². The molecule has 0 saturated heterocycles. The normalized spacial score (nSPS) is 17.0. The lowest BCUT2D eigenvalue weighted by molar-refractivity contribution is -0.143. The van der Waals surface area contributed by atoms with Crippen LogP contribution in [0, 0.1) is 5.82 Å². The third-order valence-corrected chi connectivity index (χ3v) is 4.55. The molecule has 1 atom stereocenters. The van der Waals surface area contributed by atoms with E-state index in [0.29, 0.717) is 23.4 Å². The minimum Gasteiger partial charge on any atom is -0.459 e. The molecular formula is C22H23FN2O3. The largest absolute Gasteiger partial charge is 0.459 e. The first kappa shape index (κ1) is 19.6. The van der Waals surface area contributed by atoms with Crippen LogP contribution in [-0.4, -0.2) is 23.0 Å². The number of carbonyl (C=O) groups is 2. The van der Waals surface area contributed by atoms with Crippen LogP contribution in [0.4, 0.5) is 9.18 Å². The molecule has 1 aliphatic heterocycles. The zero-order valence-corrected chi connectivity index (χ0v) is 16.1. The molecule has 2 aromatic rings. The van der Waals surface area contributed by atoms with Crippen LogP contribution in [0.15, 0.2) is 65.9 Å². The number of nitrogens with one attached hydrogen (secondary N) is 1. The fourth-order valence-corrected chi connectivity index (χ4v) is 3.18. The summed E-state index contributed by atoms with van der Waals surface area (Å²) in [6.45, 7) is 5.59. The van der Waals surface area contributed by atoms with Gasteiger partial charge in [0.05, 0.1) is 24.3 Å². The minimum absolute atomic E-state index is 0.304. The van der Waals surface area contributed by atoms with Crippen LogP contribution in [-0.2, 0) is 16.1 Å². The van der Waals surface area contributed by atoms with Gasteiger partial charge in [0.2, 0.25) is 0 Å². The number of hydrogen-bond acceptors (Lipinski definition) is 3.